The van der Waals surface area contributed by atoms with Gasteiger partial charge in [-0.2, -0.15) is 0 Å². The minimum Gasteiger partial charge on any atom is -0.495 e. The Kier molecular flexibility index (Phi) is 5.25. The Morgan fingerprint density at radius 2 is 1.77 bits per heavy atom. The zero-order valence-electron chi connectivity index (χ0n) is 13.3. The number of hydrogen-bond acceptors (Lipinski definition) is 4. The van der Waals surface area contributed by atoms with E-state index in [0.29, 0.717) is 26.2 Å². The molecule has 1 saturated heterocycles. The summed E-state index contributed by atoms with van der Waals surface area (Å²) in [6.07, 6.45) is 0. The minimum absolute atomic E-state index is 0.0358. The molecule has 6 nitrogen and oxygen atoms in total. The zero-order chi connectivity index (χ0) is 16.1. The summed E-state index contributed by atoms with van der Waals surface area (Å²) in [5, 5.41) is 2.64. The Morgan fingerprint density at radius 1 is 1.14 bits per heavy atom. The number of amides is 2. The molecule has 0 atom stereocenters. The van der Waals surface area contributed by atoms with Gasteiger partial charge >= 0.3 is 11.8 Å². The van der Waals surface area contributed by atoms with Crippen molar-refractivity contribution < 1.29 is 14.3 Å². The van der Waals surface area contributed by atoms with Gasteiger partial charge in [0.15, 0.2) is 0 Å². The fourth-order valence-corrected chi connectivity index (χ4v) is 2.51. The Morgan fingerprint density at radius 3 is 2.36 bits per heavy atom. The summed E-state index contributed by atoms with van der Waals surface area (Å²) in [5.41, 5.74) is 1.02. The third kappa shape index (κ3) is 3.69. The van der Waals surface area contributed by atoms with Crippen molar-refractivity contribution in [1.82, 2.24) is 10.2 Å². The highest BCUT2D eigenvalue weighted by Gasteiger charge is 2.27. The van der Waals surface area contributed by atoms with Gasteiger partial charge in [-0.15, -0.1) is 0 Å². The number of carbonyl (C=O) groups is 2. The monoisotopic (exact) mass is 305 g/mol. The molecule has 1 N–H and O–H groups in total. The van der Waals surface area contributed by atoms with E-state index in [1.54, 1.807) is 12.0 Å². The summed E-state index contributed by atoms with van der Waals surface area (Å²) in [5.74, 6) is -0.158. The molecule has 0 bridgehead atoms. The number of nitrogens with zero attached hydrogens (tertiary/aromatic N) is 2. The molecular weight excluding hydrogens is 282 g/mol. The first-order chi connectivity index (χ1) is 10.5. The average Bonchev–Trinajstić information content (AvgIpc) is 2.53. The molecule has 1 aromatic carbocycles. The van der Waals surface area contributed by atoms with E-state index in [-0.39, 0.29) is 6.04 Å². The van der Waals surface area contributed by atoms with Crippen molar-refractivity contribution in [2.24, 2.45) is 0 Å². The zero-order valence-corrected chi connectivity index (χ0v) is 13.3. The van der Waals surface area contributed by atoms with Crippen molar-refractivity contribution in [1.29, 1.82) is 0 Å². The van der Waals surface area contributed by atoms with Crippen LogP contribution in [0.2, 0.25) is 0 Å². The van der Waals surface area contributed by atoms with Crippen molar-refractivity contribution in [3.05, 3.63) is 24.3 Å². The number of piperazine rings is 1. The van der Waals surface area contributed by atoms with Crippen molar-refractivity contribution in [3.8, 4) is 5.75 Å². The summed E-state index contributed by atoms with van der Waals surface area (Å²) in [4.78, 5) is 27.6. The van der Waals surface area contributed by atoms with Crippen LogP contribution in [0.4, 0.5) is 5.69 Å². The molecule has 1 aromatic rings. The molecule has 6 heteroatoms. The summed E-state index contributed by atoms with van der Waals surface area (Å²) < 4.78 is 5.37. The van der Waals surface area contributed by atoms with Crippen LogP contribution in [-0.4, -0.2) is 56.0 Å². The van der Waals surface area contributed by atoms with Crippen molar-refractivity contribution in [3.63, 3.8) is 0 Å². The van der Waals surface area contributed by atoms with Gasteiger partial charge in [0.25, 0.3) is 0 Å². The first kappa shape index (κ1) is 16.1. The molecule has 2 rings (SSSR count). The van der Waals surface area contributed by atoms with Crippen LogP contribution in [0.25, 0.3) is 0 Å². The summed E-state index contributed by atoms with van der Waals surface area (Å²) in [6, 6.07) is 7.78. The first-order valence-corrected chi connectivity index (χ1v) is 7.50. The molecule has 0 aliphatic carbocycles. The van der Waals surface area contributed by atoms with Crippen molar-refractivity contribution >= 4 is 17.5 Å². The molecule has 1 aliphatic heterocycles. The lowest BCUT2D eigenvalue weighted by molar-refractivity contribution is -0.146. The lowest BCUT2D eigenvalue weighted by Crippen LogP contribution is -2.53. The summed E-state index contributed by atoms with van der Waals surface area (Å²) in [6.45, 7) is 6.10. The van der Waals surface area contributed by atoms with E-state index in [4.69, 9.17) is 4.74 Å². The maximum absolute atomic E-state index is 12.1. The van der Waals surface area contributed by atoms with E-state index < -0.39 is 11.8 Å². The molecular formula is C16H23N3O3. The second-order valence-corrected chi connectivity index (χ2v) is 5.58. The SMILES string of the molecule is COc1ccccc1N1CCN(C(=O)C(=O)NC(C)C)CC1. The first-order valence-electron chi connectivity index (χ1n) is 7.50. The number of para-hydroxylation sites is 2. The molecule has 0 radical (unpaired) electrons. The second-order valence-electron chi connectivity index (χ2n) is 5.58. The summed E-state index contributed by atoms with van der Waals surface area (Å²) in [7, 11) is 1.65. The van der Waals surface area contributed by atoms with Gasteiger partial charge in [0, 0.05) is 32.2 Å². The molecule has 2 amide bonds. The van der Waals surface area contributed by atoms with Gasteiger partial charge in [-0.1, -0.05) is 12.1 Å². The smallest absolute Gasteiger partial charge is 0.312 e. The van der Waals surface area contributed by atoms with Gasteiger partial charge in [-0.3, -0.25) is 9.59 Å². The highest BCUT2D eigenvalue weighted by Crippen LogP contribution is 2.28. The van der Waals surface area contributed by atoms with Crippen LogP contribution in [0, 0.1) is 0 Å². The molecule has 0 aromatic heterocycles. The third-order valence-electron chi connectivity index (χ3n) is 3.61. The number of nitrogens with one attached hydrogen (secondary N) is 1. The van der Waals surface area contributed by atoms with E-state index in [2.05, 4.69) is 10.2 Å². The highest BCUT2D eigenvalue weighted by atomic mass is 16.5. The normalized spacial score (nSPS) is 14.9. The topological polar surface area (TPSA) is 61.9 Å². The molecule has 0 unspecified atom stereocenters. The van der Waals surface area contributed by atoms with Crippen LogP contribution >= 0.6 is 0 Å². The Hall–Kier alpha value is -2.24. The van der Waals surface area contributed by atoms with E-state index in [9.17, 15) is 9.59 Å². The predicted molar refractivity (Wildman–Crippen MR) is 85.1 cm³/mol. The van der Waals surface area contributed by atoms with Crippen LogP contribution < -0.4 is 15.0 Å². The largest absolute Gasteiger partial charge is 0.495 e. The number of rotatable bonds is 3. The molecule has 1 aliphatic rings. The van der Waals surface area contributed by atoms with Crippen molar-refractivity contribution in [2.45, 2.75) is 19.9 Å². The number of hydrogen-bond donors (Lipinski definition) is 1. The average molecular weight is 305 g/mol. The highest BCUT2D eigenvalue weighted by molar-refractivity contribution is 6.35. The van der Waals surface area contributed by atoms with Crippen molar-refractivity contribution in [2.75, 3.05) is 38.2 Å². The predicted octanol–water partition coefficient (Wildman–Crippen LogP) is 0.868. The quantitative estimate of drug-likeness (QED) is 0.842. The Labute approximate surface area is 131 Å². The number of carbonyl (C=O) groups excluding carboxylic acids is 2. The van der Waals surface area contributed by atoms with Gasteiger partial charge in [-0.25, -0.2) is 0 Å². The number of benzene rings is 1. The lowest BCUT2D eigenvalue weighted by atomic mass is 10.2. The van der Waals surface area contributed by atoms with Crippen LogP contribution in [0.15, 0.2) is 24.3 Å². The molecule has 22 heavy (non-hydrogen) atoms. The maximum Gasteiger partial charge on any atom is 0.312 e. The van der Waals surface area contributed by atoms with Gasteiger partial charge in [0.2, 0.25) is 0 Å². The van der Waals surface area contributed by atoms with Gasteiger partial charge in [0.05, 0.1) is 12.8 Å². The van der Waals surface area contributed by atoms with Crippen LogP contribution in [0.5, 0.6) is 5.75 Å². The van der Waals surface area contributed by atoms with E-state index in [0.717, 1.165) is 11.4 Å². The summed E-state index contributed by atoms with van der Waals surface area (Å²) >= 11 is 0. The Bertz CT molecular complexity index is 537. The standard InChI is InChI=1S/C16H23N3O3/c1-12(2)17-15(20)16(21)19-10-8-18(9-11-19)13-6-4-5-7-14(13)22-3/h4-7,12H,8-11H2,1-3H3,(H,17,20). The van der Waals surface area contributed by atoms with Crippen LogP contribution in [0.3, 0.4) is 0 Å². The molecule has 1 fully saturated rings. The van der Waals surface area contributed by atoms with Gasteiger partial charge < -0.3 is 19.9 Å². The van der Waals surface area contributed by atoms with E-state index >= 15 is 0 Å². The maximum atomic E-state index is 12.1. The third-order valence-corrected chi connectivity index (χ3v) is 3.61. The number of anilines is 1. The molecule has 1 heterocycles. The Balaban J connectivity index is 1.95. The number of ether oxygens (including phenoxy) is 1. The van der Waals surface area contributed by atoms with Crippen LogP contribution in [-0.2, 0) is 9.59 Å². The fourth-order valence-electron chi connectivity index (χ4n) is 2.51. The molecule has 120 valence electrons. The van der Waals surface area contributed by atoms with E-state index in [1.165, 1.54) is 0 Å². The molecule has 0 spiro atoms. The van der Waals surface area contributed by atoms with Gasteiger partial charge in [-0.05, 0) is 26.0 Å². The minimum atomic E-state index is -0.527. The molecule has 0 saturated carbocycles. The fraction of sp³-hybridized carbons (Fsp3) is 0.500. The van der Waals surface area contributed by atoms with Gasteiger partial charge in [0.1, 0.15) is 5.75 Å². The second kappa shape index (κ2) is 7.15. The van der Waals surface area contributed by atoms with Crippen LogP contribution in [0.1, 0.15) is 13.8 Å². The van der Waals surface area contributed by atoms with E-state index in [1.807, 2.05) is 38.1 Å². The lowest BCUT2D eigenvalue weighted by Gasteiger charge is -2.36. The number of methoxy groups -OCH3 is 1.